The van der Waals surface area contributed by atoms with Crippen LogP contribution >= 0.6 is 12.4 Å². The highest BCUT2D eigenvalue weighted by molar-refractivity contribution is 5.86. The molecule has 3 saturated heterocycles. The Morgan fingerprint density at radius 3 is 2.35 bits per heavy atom. The molecule has 2 amide bonds. The number of anilines is 3. The average Bonchev–Trinajstić information content (AvgIpc) is 3.51. The van der Waals surface area contributed by atoms with Crippen molar-refractivity contribution in [3.63, 3.8) is 0 Å². The number of amides is 2. The molecular formula is C23H32ClF2N11O3. The predicted molar refractivity (Wildman–Crippen MR) is 143 cm³/mol. The molecule has 3 aliphatic rings. The lowest BCUT2D eigenvalue weighted by molar-refractivity contribution is -0.134. The SMILES string of the molecule is Cl.Nc1ncc(-c2nc(N3CCOCC3)nc(N3CCN(C(=O)CNC(=O)C4CCNC4)CC3)n2)c(C(F)F)n1. The fourth-order valence-corrected chi connectivity index (χ4v) is 4.72. The molecule has 0 aromatic carbocycles. The Kier molecular flexibility index (Phi) is 9.76. The van der Waals surface area contributed by atoms with Crippen molar-refractivity contribution in [1.29, 1.82) is 0 Å². The fraction of sp³-hybridized carbons (Fsp3) is 0.609. The van der Waals surface area contributed by atoms with Crippen molar-refractivity contribution in [2.24, 2.45) is 5.92 Å². The summed E-state index contributed by atoms with van der Waals surface area (Å²) >= 11 is 0. The van der Waals surface area contributed by atoms with E-state index in [0.717, 1.165) is 13.0 Å². The van der Waals surface area contributed by atoms with Crippen molar-refractivity contribution in [3.8, 4) is 11.4 Å². The molecule has 0 aliphatic carbocycles. The maximum atomic E-state index is 13.8. The first-order valence-corrected chi connectivity index (χ1v) is 12.9. The van der Waals surface area contributed by atoms with Gasteiger partial charge in [-0.1, -0.05) is 0 Å². The van der Waals surface area contributed by atoms with Crippen LogP contribution in [0.1, 0.15) is 18.5 Å². The third-order valence-electron chi connectivity index (χ3n) is 6.95. The number of aromatic nitrogens is 5. The quantitative estimate of drug-likeness (QED) is 0.382. The number of alkyl halides is 2. The van der Waals surface area contributed by atoms with Gasteiger partial charge in [0.25, 0.3) is 6.43 Å². The highest BCUT2D eigenvalue weighted by Crippen LogP contribution is 2.30. The second-order valence-corrected chi connectivity index (χ2v) is 9.46. The molecular weight excluding hydrogens is 552 g/mol. The molecule has 0 spiro atoms. The maximum Gasteiger partial charge on any atom is 0.281 e. The van der Waals surface area contributed by atoms with Gasteiger partial charge >= 0.3 is 0 Å². The molecule has 2 aromatic rings. The number of piperazine rings is 1. The fourth-order valence-electron chi connectivity index (χ4n) is 4.72. The number of carbonyl (C=O) groups excluding carboxylic acids is 2. The number of nitrogens with one attached hydrogen (secondary N) is 2. The van der Waals surface area contributed by atoms with E-state index in [1.165, 1.54) is 6.20 Å². The lowest BCUT2D eigenvalue weighted by Gasteiger charge is -2.35. The van der Waals surface area contributed by atoms with E-state index in [1.54, 1.807) is 4.90 Å². The number of hydrogen-bond acceptors (Lipinski definition) is 12. The summed E-state index contributed by atoms with van der Waals surface area (Å²) in [5.41, 5.74) is 4.96. The molecule has 1 unspecified atom stereocenters. The monoisotopic (exact) mass is 583 g/mol. The third-order valence-corrected chi connectivity index (χ3v) is 6.95. The molecule has 3 aliphatic heterocycles. The lowest BCUT2D eigenvalue weighted by Crippen LogP contribution is -2.52. The first-order valence-electron chi connectivity index (χ1n) is 12.9. The van der Waals surface area contributed by atoms with Crippen molar-refractivity contribution in [2.45, 2.75) is 12.8 Å². The Balaban J connectivity index is 0.00000370. The summed E-state index contributed by atoms with van der Waals surface area (Å²) < 4.78 is 33.0. The number of hydrogen-bond donors (Lipinski definition) is 3. The minimum atomic E-state index is -2.91. The van der Waals surface area contributed by atoms with Crippen molar-refractivity contribution >= 4 is 42.1 Å². The second kappa shape index (κ2) is 13.2. The Bertz CT molecular complexity index is 1190. The topological polar surface area (TPSA) is 168 Å². The number of carbonyl (C=O) groups is 2. The predicted octanol–water partition coefficient (Wildman–Crippen LogP) is -0.519. The summed E-state index contributed by atoms with van der Waals surface area (Å²) in [4.78, 5) is 51.6. The van der Waals surface area contributed by atoms with E-state index in [0.29, 0.717) is 70.9 Å². The van der Waals surface area contributed by atoms with Crippen LogP contribution in [0.4, 0.5) is 26.6 Å². The summed E-state index contributed by atoms with van der Waals surface area (Å²) in [6, 6.07) is 0. The Labute approximate surface area is 235 Å². The zero-order valence-electron chi connectivity index (χ0n) is 21.8. The molecule has 0 bridgehead atoms. The molecule has 17 heteroatoms. The van der Waals surface area contributed by atoms with E-state index in [9.17, 15) is 18.4 Å². The van der Waals surface area contributed by atoms with Crippen molar-refractivity contribution in [2.75, 3.05) is 87.7 Å². The molecule has 40 heavy (non-hydrogen) atoms. The van der Waals surface area contributed by atoms with Crippen LogP contribution in [0.3, 0.4) is 0 Å². The first-order chi connectivity index (χ1) is 18.9. The van der Waals surface area contributed by atoms with Gasteiger partial charge in [0.1, 0.15) is 5.69 Å². The van der Waals surface area contributed by atoms with Crippen LogP contribution in [-0.2, 0) is 14.3 Å². The van der Waals surface area contributed by atoms with Gasteiger partial charge in [-0.05, 0) is 13.0 Å². The zero-order valence-corrected chi connectivity index (χ0v) is 22.6. The largest absolute Gasteiger partial charge is 0.378 e. The minimum absolute atomic E-state index is 0. The highest BCUT2D eigenvalue weighted by Gasteiger charge is 2.28. The number of morpholine rings is 1. The molecule has 3 fully saturated rings. The second-order valence-electron chi connectivity index (χ2n) is 9.46. The van der Waals surface area contributed by atoms with Crippen LogP contribution in [0.25, 0.3) is 11.4 Å². The molecule has 4 N–H and O–H groups in total. The Morgan fingerprint density at radius 2 is 1.73 bits per heavy atom. The van der Waals surface area contributed by atoms with E-state index < -0.39 is 12.1 Å². The van der Waals surface area contributed by atoms with Crippen molar-refractivity contribution in [3.05, 3.63) is 11.9 Å². The summed E-state index contributed by atoms with van der Waals surface area (Å²) in [5.74, 6) is -0.0147. The highest BCUT2D eigenvalue weighted by atomic mass is 35.5. The molecule has 0 radical (unpaired) electrons. The van der Waals surface area contributed by atoms with Gasteiger partial charge in [0.05, 0.1) is 31.2 Å². The van der Waals surface area contributed by atoms with E-state index >= 15 is 0 Å². The number of nitrogen functional groups attached to an aromatic ring is 1. The van der Waals surface area contributed by atoms with Gasteiger partial charge in [-0.2, -0.15) is 15.0 Å². The van der Waals surface area contributed by atoms with Gasteiger partial charge in [0.2, 0.25) is 29.7 Å². The molecule has 218 valence electrons. The Morgan fingerprint density at radius 1 is 1.05 bits per heavy atom. The Hall–Kier alpha value is -3.50. The van der Waals surface area contributed by atoms with E-state index in [4.69, 9.17) is 10.5 Å². The van der Waals surface area contributed by atoms with Crippen molar-refractivity contribution in [1.82, 2.24) is 40.5 Å². The van der Waals surface area contributed by atoms with Gasteiger partial charge in [-0.3, -0.25) is 9.59 Å². The molecule has 5 rings (SSSR count). The lowest BCUT2D eigenvalue weighted by atomic mass is 10.1. The van der Waals surface area contributed by atoms with Gasteiger partial charge in [0.15, 0.2) is 5.82 Å². The summed E-state index contributed by atoms with van der Waals surface area (Å²) in [6.07, 6.45) is -0.948. The smallest absolute Gasteiger partial charge is 0.281 e. The maximum absolute atomic E-state index is 13.8. The molecule has 2 aromatic heterocycles. The molecule has 1 atom stereocenters. The van der Waals surface area contributed by atoms with Crippen LogP contribution in [0.15, 0.2) is 6.20 Å². The van der Waals surface area contributed by atoms with Crippen LogP contribution < -0.4 is 26.2 Å². The number of nitrogens with two attached hydrogens (primary N) is 1. The van der Waals surface area contributed by atoms with Crippen LogP contribution in [-0.4, -0.2) is 114 Å². The number of nitrogens with zero attached hydrogens (tertiary/aromatic N) is 8. The summed E-state index contributed by atoms with van der Waals surface area (Å²) in [7, 11) is 0. The van der Waals surface area contributed by atoms with Crippen LogP contribution in [0.5, 0.6) is 0 Å². The van der Waals surface area contributed by atoms with E-state index in [1.807, 2.05) is 9.80 Å². The van der Waals surface area contributed by atoms with Gasteiger partial charge < -0.3 is 35.8 Å². The van der Waals surface area contributed by atoms with E-state index in [-0.39, 0.29) is 54.0 Å². The molecule has 5 heterocycles. The number of rotatable bonds is 7. The third kappa shape index (κ3) is 6.79. The standard InChI is InChI=1S/C23H31F2N11O3.ClH/c24-18(25)17-15(12-29-21(26)30-17)19-31-22(33-23(32-19)36-7-9-39-10-8-36)35-5-3-34(4-6-35)16(37)13-28-20(38)14-1-2-27-11-14;/h12,14,18,27H,1-11,13H2,(H,28,38)(H2,26,29,30);1H. The zero-order chi connectivity index (χ0) is 27.4. The van der Waals surface area contributed by atoms with Gasteiger partial charge in [-0.25, -0.2) is 18.7 Å². The normalized spacial score (nSPS) is 19.5. The van der Waals surface area contributed by atoms with Crippen LogP contribution in [0, 0.1) is 5.92 Å². The van der Waals surface area contributed by atoms with E-state index in [2.05, 4.69) is 35.6 Å². The van der Waals surface area contributed by atoms with Gasteiger partial charge in [0, 0.05) is 52.0 Å². The molecule has 14 nitrogen and oxygen atoms in total. The number of halogens is 3. The van der Waals surface area contributed by atoms with Crippen molar-refractivity contribution < 1.29 is 23.1 Å². The average molecular weight is 584 g/mol. The van der Waals surface area contributed by atoms with Gasteiger partial charge in [-0.15, -0.1) is 12.4 Å². The summed E-state index contributed by atoms with van der Waals surface area (Å²) in [5, 5.41) is 5.88. The number of ether oxygens (including phenoxy) is 1. The minimum Gasteiger partial charge on any atom is -0.378 e. The van der Waals surface area contributed by atoms with Crippen LogP contribution in [0.2, 0.25) is 0 Å². The summed E-state index contributed by atoms with van der Waals surface area (Å²) in [6.45, 7) is 5.02. The first kappa shape index (κ1) is 29.5. The molecule has 0 saturated carbocycles.